The number of nitrogens with zero attached hydrogens (tertiary/aromatic N) is 1. The molecule has 144 valence electrons. The summed E-state index contributed by atoms with van der Waals surface area (Å²) < 4.78 is 0. The van der Waals surface area contributed by atoms with Crippen molar-refractivity contribution in [1.82, 2.24) is 10.6 Å². The number of thiocarbonyl (C=S) groups is 1. The third kappa shape index (κ3) is 4.24. The summed E-state index contributed by atoms with van der Waals surface area (Å²) >= 11 is 17.1. The summed E-state index contributed by atoms with van der Waals surface area (Å²) in [7, 11) is 0. The van der Waals surface area contributed by atoms with Crippen LogP contribution >= 0.6 is 35.4 Å². The topological polar surface area (TPSA) is 96.3 Å². The number of anilines is 1. The highest BCUT2D eigenvalue weighted by molar-refractivity contribution is 7.80. The molecule has 0 spiro atoms. The van der Waals surface area contributed by atoms with Gasteiger partial charge < -0.3 is 16.0 Å². The van der Waals surface area contributed by atoms with Crippen LogP contribution in [-0.2, 0) is 4.79 Å². The second-order valence-corrected chi connectivity index (χ2v) is 7.25. The Balaban J connectivity index is 2.00. The third-order valence-corrected chi connectivity index (χ3v) is 4.87. The third-order valence-electron chi connectivity index (χ3n) is 4.10. The van der Waals surface area contributed by atoms with Gasteiger partial charge in [0.2, 0.25) is 0 Å². The quantitative estimate of drug-likeness (QED) is 0.374. The molecule has 1 aliphatic heterocycles. The number of allylic oxidation sites excluding steroid dienone is 1. The van der Waals surface area contributed by atoms with Gasteiger partial charge in [-0.2, -0.15) is 0 Å². The van der Waals surface area contributed by atoms with E-state index in [9.17, 15) is 14.9 Å². The number of benzene rings is 2. The lowest BCUT2D eigenvalue weighted by molar-refractivity contribution is -0.384. The summed E-state index contributed by atoms with van der Waals surface area (Å²) in [6, 6.07) is 10.4. The van der Waals surface area contributed by atoms with E-state index < -0.39 is 16.9 Å². The maximum absolute atomic E-state index is 13.0. The van der Waals surface area contributed by atoms with Gasteiger partial charge in [0.05, 0.1) is 16.5 Å². The van der Waals surface area contributed by atoms with Crippen molar-refractivity contribution in [3.05, 3.63) is 79.5 Å². The van der Waals surface area contributed by atoms with Crippen LogP contribution in [0.1, 0.15) is 18.5 Å². The molecule has 1 heterocycles. The number of nitro groups is 1. The maximum Gasteiger partial charge on any atom is 0.288 e. The lowest BCUT2D eigenvalue weighted by Crippen LogP contribution is -2.45. The van der Waals surface area contributed by atoms with Gasteiger partial charge >= 0.3 is 0 Å². The van der Waals surface area contributed by atoms with Crippen LogP contribution in [0, 0.1) is 10.1 Å². The fourth-order valence-electron chi connectivity index (χ4n) is 2.86. The predicted molar refractivity (Wildman–Crippen MR) is 112 cm³/mol. The number of amides is 1. The molecule has 0 saturated heterocycles. The Kier molecular flexibility index (Phi) is 5.83. The zero-order chi connectivity index (χ0) is 20.4. The Morgan fingerprint density at radius 1 is 1.25 bits per heavy atom. The molecule has 0 fully saturated rings. The van der Waals surface area contributed by atoms with Crippen molar-refractivity contribution in [2.45, 2.75) is 13.0 Å². The molecule has 1 amide bonds. The Morgan fingerprint density at radius 2 is 2.00 bits per heavy atom. The zero-order valence-corrected chi connectivity index (χ0v) is 16.8. The van der Waals surface area contributed by atoms with Gasteiger partial charge in [-0.1, -0.05) is 35.3 Å². The van der Waals surface area contributed by atoms with Crippen molar-refractivity contribution < 1.29 is 9.72 Å². The first-order chi connectivity index (χ1) is 13.3. The lowest BCUT2D eigenvalue weighted by atomic mass is 9.94. The summed E-state index contributed by atoms with van der Waals surface area (Å²) in [4.78, 5) is 23.6. The van der Waals surface area contributed by atoms with Gasteiger partial charge in [-0.3, -0.25) is 14.9 Å². The standard InChI is InChI=1S/C18H14Cl2N4O3S/c1-9-15(17(25)22-12-4-2-3-11(19)8-12)16(23-18(28)21-9)10-5-6-13(20)14(7-10)24(26)27/h2-8,16H,1H3,(H,22,25)(H2,21,23,28)/t16-/m1/s1. The molecule has 0 unspecified atom stereocenters. The fourth-order valence-corrected chi connectivity index (χ4v) is 3.51. The molecule has 3 rings (SSSR count). The molecular formula is C18H14Cl2N4O3S. The average Bonchev–Trinajstić information content (AvgIpc) is 2.61. The summed E-state index contributed by atoms with van der Waals surface area (Å²) in [6.45, 7) is 1.71. The molecule has 0 aliphatic carbocycles. The van der Waals surface area contributed by atoms with E-state index in [-0.39, 0.29) is 10.7 Å². The molecule has 28 heavy (non-hydrogen) atoms. The molecule has 3 N–H and O–H groups in total. The first-order valence-corrected chi connectivity index (χ1v) is 9.21. The van der Waals surface area contributed by atoms with Crippen LogP contribution in [0.4, 0.5) is 11.4 Å². The minimum absolute atomic E-state index is 0.0101. The van der Waals surface area contributed by atoms with Crippen LogP contribution < -0.4 is 16.0 Å². The van der Waals surface area contributed by atoms with Crippen LogP contribution in [0.3, 0.4) is 0 Å². The number of hydrogen-bond acceptors (Lipinski definition) is 4. The van der Waals surface area contributed by atoms with Gasteiger partial charge in [0, 0.05) is 22.5 Å². The van der Waals surface area contributed by atoms with Crippen molar-refractivity contribution in [3.63, 3.8) is 0 Å². The monoisotopic (exact) mass is 436 g/mol. The van der Waals surface area contributed by atoms with E-state index >= 15 is 0 Å². The van der Waals surface area contributed by atoms with Crippen LogP contribution in [0.2, 0.25) is 10.0 Å². The molecule has 0 saturated carbocycles. The molecular weight excluding hydrogens is 423 g/mol. The number of nitro benzene ring substituents is 1. The Morgan fingerprint density at radius 3 is 2.68 bits per heavy atom. The van der Waals surface area contributed by atoms with Gasteiger partial charge in [-0.25, -0.2) is 0 Å². The highest BCUT2D eigenvalue weighted by Gasteiger charge is 2.31. The SMILES string of the molecule is CC1=C(C(=O)Nc2cccc(Cl)c2)[C@@H](c2ccc(Cl)c([N+](=O)[O-])c2)NC(=S)N1. The van der Waals surface area contributed by atoms with E-state index in [1.54, 1.807) is 37.3 Å². The second-order valence-electron chi connectivity index (χ2n) is 6.00. The highest BCUT2D eigenvalue weighted by Crippen LogP contribution is 2.33. The lowest BCUT2D eigenvalue weighted by Gasteiger charge is -2.30. The Labute approximate surface area is 175 Å². The minimum Gasteiger partial charge on any atom is -0.351 e. The largest absolute Gasteiger partial charge is 0.351 e. The van der Waals surface area contributed by atoms with Gasteiger partial charge in [0.1, 0.15) is 5.02 Å². The van der Waals surface area contributed by atoms with E-state index in [1.807, 2.05) is 0 Å². The molecule has 10 heteroatoms. The first-order valence-electron chi connectivity index (χ1n) is 8.05. The van der Waals surface area contributed by atoms with E-state index in [1.165, 1.54) is 12.1 Å². The maximum atomic E-state index is 13.0. The Hall–Kier alpha value is -2.68. The molecule has 0 radical (unpaired) electrons. The Bertz CT molecular complexity index is 1030. The number of nitrogens with one attached hydrogen (secondary N) is 3. The van der Waals surface area contributed by atoms with E-state index in [0.717, 1.165) is 0 Å². The van der Waals surface area contributed by atoms with Crippen molar-refractivity contribution in [2.24, 2.45) is 0 Å². The number of rotatable bonds is 4. The van der Waals surface area contributed by atoms with Crippen LogP contribution in [0.25, 0.3) is 0 Å². The van der Waals surface area contributed by atoms with Gasteiger partial charge in [0.15, 0.2) is 5.11 Å². The van der Waals surface area contributed by atoms with Crippen molar-refractivity contribution in [2.75, 3.05) is 5.32 Å². The smallest absolute Gasteiger partial charge is 0.288 e. The second kappa shape index (κ2) is 8.14. The minimum atomic E-state index is -0.691. The molecule has 7 nitrogen and oxygen atoms in total. The first kappa shape index (κ1) is 20.1. The average molecular weight is 437 g/mol. The molecule has 2 aromatic rings. The fraction of sp³-hybridized carbons (Fsp3) is 0.111. The summed E-state index contributed by atoms with van der Waals surface area (Å²) in [5.41, 5.74) is 1.62. The summed E-state index contributed by atoms with van der Waals surface area (Å²) in [5, 5.41) is 20.7. The van der Waals surface area contributed by atoms with Gasteiger partial charge in [-0.05, 0) is 49.0 Å². The van der Waals surface area contributed by atoms with Crippen LogP contribution in [-0.4, -0.2) is 15.9 Å². The molecule has 0 bridgehead atoms. The molecule has 1 atom stereocenters. The molecule has 1 aliphatic rings. The van der Waals surface area contributed by atoms with Gasteiger partial charge in [0.25, 0.3) is 11.6 Å². The highest BCUT2D eigenvalue weighted by atomic mass is 35.5. The van der Waals surface area contributed by atoms with E-state index in [0.29, 0.717) is 32.7 Å². The number of halogens is 2. The van der Waals surface area contributed by atoms with Crippen molar-refractivity contribution in [1.29, 1.82) is 0 Å². The van der Waals surface area contributed by atoms with E-state index in [4.69, 9.17) is 35.4 Å². The normalized spacial score (nSPS) is 16.2. The van der Waals surface area contributed by atoms with Crippen LogP contribution in [0.5, 0.6) is 0 Å². The molecule has 0 aromatic heterocycles. The summed E-state index contributed by atoms with van der Waals surface area (Å²) in [6.07, 6.45) is 0. The van der Waals surface area contributed by atoms with Gasteiger partial charge in [-0.15, -0.1) is 0 Å². The van der Waals surface area contributed by atoms with Crippen molar-refractivity contribution >= 4 is 57.8 Å². The predicted octanol–water partition coefficient (Wildman–Crippen LogP) is 4.33. The zero-order valence-electron chi connectivity index (χ0n) is 14.5. The number of hydrogen-bond donors (Lipinski definition) is 3. The van der Waals surface area contributed by atoms with Crippen LogP contribution in [0.15, 0.2) is 53.7 Å². The van der Waals surface area contributed by atoms with Crippen molar-refractivity contribution in [3.8, 4) is 0 Å². The molecule has 2 aromatic carbocycles. The van der Waals surface area contributed by atoms with E-state index in [2.05, 4.69) is 16.0 Å². The summed E-state index contributed by atoms with van der Waals surface area (Å²) in [5.74, 6) is -0.398. The number of carbonyl (C=O) groups is 1. The number of carbonyl (C=O) groups excluding carboxylic acids is 1.